The number of benzene rings is 2. The van der Waals surface area contributed by atoms with E-state index >= 15 is 0 Å². The third-order valence-electron chi connectivity index (χ3n) is 5.18. The molecule has 2 aromatic heterocycles. The molecule has 4 rings (SSSR count). The second-order valence-electron chi connectivity index (χ2n) is 7.37. The molecule has 10 heteroatoms. The third-order valence-corrected chi connectivity index (χ3v) is 9.48. The van der Waals surface area contributed by atoms with Crippen LogP contribution in [0.2, 0.25) is 0 Å². The van der Waals surface area contributed by atoms with Gasteiger partial charge in [-0.2, -0.15) is 0 Å². The number of nitrogens with zero attached hydrogens (tertiary/aromatic N) is 2. The SMILES string of the molecule is Cc1sc2nc(SC[C@@H](Sc3ccc([N+](=O)[O-])cc3)[C@H](Cl)c3ccccc3)[nH]c(=O)c2c1C. The van der Waals surface area contributed by atoms with Gasteiger partial charge in [0, 0.05) is 32.9 Å². The van der Waals surface area contributed by atoms with Gasteiger partial charge in [-0.15, -0.1) is 34.7 Å². The standard InChI is InChI=1S/C23H20ClN3O3S3/c1-13-14(2)32-22-19(13)21(28)25-23(26-22)31-12-18(20(24)15-6-4-3-5-7-15)33-17-10-8-16(9-11-17)27(29)30/h3-11,18,20H,12H2,1-2H3,(H,25,26,28)/t18-,20-/m1/s1. The predicted molar refractivity (Wildman–Crippen MR) is 138 cm³/mol. The summed E-state index contributed by atoms with van der Waals surface area (Å²) in [6, 6.07) is 16.2. The Morgan fingerprint density at radius 2 is 1.85 bits per heavy atom. The van der Waals surface area contributed by atoms with E-state index in [1.54, 1.807) is 23.9 Å². The summed E-state index contributed by atoms with van der Waals surface area (Å²) >= 11 is 11.4. The molecule has 6 nitrogen and oxygen atoms in total. The van der Waals surface area contributed by atoms with E-state index in [0.29, 0.717) is 16.3 Å². The molecule has 2 heterocycles. The number of non-ortho nitro benzene ring substituents is 1. The maximum absolute atomic E-state index is 12.6. The Kier molecular flexibility index (Phi) is 7.43. The van der Waals surface area contributed by atoms with Gasteiger partial charge in [-0.1, -0.05) is 42.1 Å². The van der Waals surface area contributed by atoms with E-state index in [4.69, 9.17) is 11.6 Å². The molecule has 0 aliphatic rings. The van der Waals surface area contributed by atoms with Crippen molar-refractivity contribution >= 4 is 62.4 Å². The van der Waals surface area contributed by atoms with Crippen LogP contribution in [-0.2, 0) is 0 Å². The number of rotatable bonds is 8. The monoisotopic (exact) mass is 517 g/mol. The van der Waals surface area contributed by atoms with Crippen LogP contribution in [0.15, 0.2) is 69.4 Å². The minimum Gasteiger partial charge on any atom is -0.301 e. The van der Waals surface area contributed by atoms with Gasteiger partial charge in [0.1, 0.15) is 4.83 Å². The minimum atomic E-state index is -0.414. The summed E-state index contributed by atoms with van der Waals surface area (Å²) < 4.78 is 0. The number of fused-ring (bicyclic) bond motifs is 1. The molecule has 170 valence electrons. The lowest BCUT2D eigenvalue weighted by Gasteiger charge is -2.22. The van der Waals surface area contributed by atoms with Gasteiger partial charge >= 0.3 is 0 Å². The summed E-state index contributed by atoms with van der Waals surface area (Å²) in [4.78, 5) is 33.4. The number of thioether (sulfide) groups is 2. The van der Waals surface area contributed by atoms with Crippen LogP contribution in [0.5, 0.6) is 0 Å². The quantitative estimate of drug-likeness (QED) is 0.0914. The van der Waals surface area contributed by atoms with Crippen molar-refractivity contribution < 1.29 is 4.92 Å². The van der Waals surface area contributed by atoms with E-state index in [9.17, 15) is 14.9 Å². The number of halogens is 1. The van der Waals surface area contributed by atoms with Gasteiger partial charge in [0.2, 0.25) is 0 Å². The zero-order chi connectivity index (χ0) is 23.5. The number of aromatic nitrogens is 2. The lowest BCUT2D eigenvalue weighted by atomic mass is 10.1. The van der Waals surface area contributed by atoms with Crippen molar-refractivity contribution in [2.24, 2.45) is 0 Å². The molecule has 0 saturated heterocycles. The summed E-state index contributed by atoms with van der Waals surface area (Å²) in [7, 11) is 0. The number of nitro benzene ring substituents is 1. The van der Waals surface area contributed by atoms with Crippen molar-refractivity contribution in [3.05, 3.63) is 91.1 Å². The number of aryl methyl sites for hydroxylation is 2. The van der Waals surface area contributed by atoms with E-state index in [1.165, 1.54) is 35.2 Å². The lowest BCUT2D eigenvalue weighted by Crippen LogP contribution is -2.15. The molecule has 0 radical (unpaired) electrons. The van der Waals surface area contributed by atoms with Crippen molar-refractivity contribution in [2.45, 2.75) is 34.5 Å². The van der Waals surface area contributed by atoms with Crippen LogP contribution in [0, 0.1) is 24.0 Å². The lowest BCUT2D eigenvalue weighted by molar-refractivity contribution is -0.384. The van der Waals surface area contributed by atoms with Gasteiger partial charge in [-0.3, -0.25) is 14.9 Å². The summed E-state index contributed by atoms with van der Waals surface area (Å²) in [5, 5.41) is 11.8. The first kappa shape index (κ1) is 23.8. The maximum atomic E-state index is 12.6. The highest BCUT2D eigenvalue weighted by molar-refractivity contribution is 8.03. The molecule has 33 heavy (non-hydrogen) atoms. The van der Waals surface area contributed by atoms with Crippen molar-refractivity contribution in [3.8, 4) is 0 Å². The highest BCUT2D eigenvalue weighted by Crippen LogP contribution is 2.39. The molecular formula is C23H20ClN3O3S3. The Balaban J connectivity index is 1.58. The van der Waals surface area contributed by atoms with Crippen LogP contribution < -0.4 is 5.56 Å². The zero-order valence-corrected chi connectivity index (χ0v) is 21.0. The van der Waals surface area contributed by atoms with E-state index in [1.807, 2.05) is 44.2 Å². The summed E-state index contributed by atoms with van der Waals surface area (Å²) in [5.41, 5.74) is 1.87. The maximum Gasteiger partial charge on any atom is 0.269 e. The number of nitrogens with one attached hydrogen (secondary N) is 1. The molecule has 0 fully saturated rings. The normalized spacial score (nSPS) is 13.2. The smallest absolute Gasteiger partial charge is 0.269 e. The van der Waals surface area contributed by atoms with Crippen LogP contribution in [0.4, 0.5) is 5.69 Å². The average molecular weight is 518 g/mol. The van der Waals surface area contributed by atoms with E-state index in [0.717, 1.165) is 25.7 Å². The number of hydrogen-bond acceptors (Lipinski definition) is 7. The fourth-order valence-electron chi connectivity index (χ4n) is 3.32. The second kappa shape index (κ2) is 10.3. The number of hydrogen-bond donors (Lipinski definition) is 1. The molecule has 0 aliphatic carbocycles. The zero-order valence-electron chi connectivity index (χ0n) is 17.8. The van der Waals surface area contributed by atoms with Crippen LogP contribution in [0.1, 0.15) is 21.4 Å². The van der Waals surface area contributed by atoms with Gasteiger partial charge in [0.05, 0.1) is 15.7 Å². The molecule has 0 amide bonds. The summed E-state index contributed by atoms with van der Waals surface area (Å²) in [6.45, 7) is 3.93. The second-order valence-corrected chi connectivity index (χ2v) is 11.4. The molecule has 0 unspecified atom stereocenters. The van der Waals surface area contributed by atoms with Crippen LogP contribution in [0.25, 0.3) is 10.2 Å². The predicted octanol–water partition coefficient (Wildman–Crippen LogP) is 6.74. The van der Waals surface area contributed by atoms with Gasteiger partial charge in [0.15, 0.2) is 5.16 Å². The molecule has 4 aromatic rings. The molecule has 0 aliphatic heterocycles. The van der Waals surface area contributed by atoms with Gasteiger partial charge in [0.25, 0.3) is 11.2 Å². The Morgan fingerprint density at radius 1 is 1.15 bits per heavy atom. The largest absolute Gasteiger partial charge is 0.301 e. The van der Waals surface area contributed by atoms with Crippen molar-refractivity contribution in [2.75, 3.05) is 5.75 Å². The number of aromatic amines is 1. The first-order chi connectivity index (χ1) is 15.8. The Morgan fingerprint density at radius 3 is 2.52 bits per heavy atom. The molecule has 0 spiro atoms. The van der Waals surface area contributed by atoms with Crippen LogP contribution in [-0.4, -0.2) is 25.9 Å². The van der Waals surface area contributed by atoms with E-state index in [2.05, 4.69) is 9.97 Å². The van der Waals surface area contributed by atoms with Crippen LogP contribution >= 0.6 is 46.5 Å². The fourth-order valence-corrected chi connectivity index (χ4v) is 7.13. The Bertz CT molecular complexity index is 1340. The molecular weight excluding hydrogens is 498 g/mol. The number of H-pyrrole nitrogens is 1. The van der Waals surface area contributed by atoms with Crippen molar-refractivity contribution in [3.63, 3.8) is 0 Å². The molecule has 0 saturated carbocycles. The first-order valence-electron chi connectivity index (χ1n) is 10.1. The minimum absolute atomic E-state index is 0.0485. The van der Waals surface area contributed by atoms with Crippen molar-refractivity contribution in [1.82, 2.24) is 9.97 Å². The fraction of sp³-hybridized carbons (Fsp3) is 0.217. The molecule has 1 N–H and O–H groups in total. The highest BCUT2D eigenvalue weighted by atomic mass is 35.5. The summed E-state index contributed by atoms with van der Waals surface area (Å²) in [5.74, 6) is 0.586. The Hall–Kier alpha value is -2.33. The van der Waals surface area contributed by atoms with Gasteiger partial charge in [-0.05, 0) is 37.1 Å². The highest BCUT2D eigenvalue weighted by Gasteiger charge is 2.24. The molecule has 0 bridgehead atoms. The van der Waals surface area contributed by atoms with Gasteiger partial charge < -0.3 is 4.98 Å². The number of alkyl halides is 1. The van der Waals surface area contributed by atoms with E-state index < -0.39 is 4.92 Å². The third kappa shape index (κ3) is 5.43. The topological polar surface area (TPSA) is 88.9 Å². The number of thiophene rings is 1. The Labute approximate surface area is 207 Å². The first-order valence-corrected chi connectivity index (χ1v) is 13.2. The molecule has 2 aromatic carbocycles. The average Bonchev–Trinajstić information content (AvgIpc) is 3.10. The number of nitro groups is 1. The van der Waals surface area contributed by atoms with Crippen LogP contribution in [0.3, 0.4) is 0 Å². The van der Waals surface area contributed by atoms with Gasteiger partial charge in [-0.25, -0.2) is 4.98 Å². The molecule has 2 atom stereocenters. The van der Waals surface area contributed by atoms with E-state index in [-0.39, 0.29) is 21.9 Å². The van der Waals surface area contributed by atoms with Crippen molar-refractivity contribution in [1.29, 1.82) is 0 Å². The summed E-state index contributed by atoms with van der Waals surface area (Å²) in [6.07, 6.45) is 0.